The lowest BCUT2D eigenvalue weighted by molar-refractivity contribution is -0.385. The summed E-state index contributed by atoms with van der Waals surface area (Å²) >= 11 is 0. The first-order valence-corrected chi connectivity index (χ1v) is 5.57. The van der Waals surface area contributed by atoms with Crippen LogP contribution in [0, 0.1) is 16.0 Å². The zero-order valence-corrected chi connectivity index (χ0v) is 9.96. The number of nitrogens with zero attached hydrogens (tertiary/aromatic N) is 3. The lowest BCUT2D eigenvalue weighted by Crippen LogP contribution is -2.01. The van der Waals surface area contributed by atoms with Gasteiger partial charge in [-0.15, -0.1) is 0 Å². The minimum Gasteiger partial charge on any atom is -0.262 e. The van der Waals surface area contributed by atoms with E-state index in [1.54, 1.807) is 0 Å². The second kappa shape index (κ2) is 6.57. The Morgan fingerprint density at radius 1 is 1.53 bits per heavy atom. The van der Waals surface area contributed by atoms with Crippen LogP contribution in [0.15, 0.2) is 23.4 Å². The molecule has 0 saturated carbocycles. The molecule has 92 valence electrons. The first kappa shape index (κ1) is 13.1. The summed E-state index contributed by atoms with van der Waals surface area (Å²) in [7, 11) is 0. The molecule has 0 spiro atoms. The van der Waals surface area contributed by atoms with Crippen molar-refractivity contribution in [2.45, 2.75) is 26.7 Å². The van der Waals surface area contributed by atoms with Crippen LogP contribution in [0.1, 0.15) is 26.7 Å². The third kappa shape index (κ3) is 4.18. The predicted octanol–water partition coefficient (Wildman–Crippen LogP) is 2.82. The van der Waals surface area contributed by atoms with Gasteiger partial charge in [0.15, 0.2) is 0 Å². The Labute approximate surface area is 99.9 Å². The highest BCUT2D eigenvalue weighted by Crippen LogP contribution is 2.11. The second-order valence-electron chi connectivity index (χ2n) is 3.63. The number of hydrogen-bond acceptors (Lipinski definition) is 5. The van der Waals surface area contributed by atoms with Gasteiger partial charge in [-0.25, -0.2) is 4.98 Å². The van der Waals surface area contributed by atoms with E-state index in [2.05, 4.69) is 29.4 Å². The molecule has 0 unspecified atom stereocenters. The third-order valence-corrected chi connectivity index (χ3v) is 2.47. The molecular formula is C11H16N4O2. The maximum Gasteiger partial charge on any atom is 0.287 e. The minimum absolute atomic E-state index is 0.0282. The van der Waals surface area contributed by atoms with Crippen LogP contribution in [0.3, 0.4) is 0 Å². The van der Waals surface area contributed by atoms with Gasteiger partial charge < -0.3 is 0 Å². The van der Waals surface area contributed by atoms with E-state index in [4.69, 9.17) is 0 Å². The fourth-order valence-electron chi connectivity index (χ4n) is 1.27. The lowest BCUT2D eigenvalue weighted by atomic mass is 10.1. The molecule has 0 amide bonds. The van der Waals surface area contributed by atoms with E-state index in [1.807, 2.05) is 6.21 Å². The molecule has 0 aromatic carbocycles. The summed E-state index contributed by atoms with van der Waals surface area (Å²) in [6, 6.07) is 2.92. The zero-order chi connectivity index (χ0) is 12.7. The fourth-order valence-corrected chi connectivity index (χ4v) is 1.27. The number of nitro groups is 1. The molecule has 1 N–H and O–H groups in total. The first-order valence-electron chi connectivity index (χ1n) is 5.57. The van der Waals surface area contributed by atoms with Crippen LogP contribution in [0.2, 0.25) is 0 Å². The number of hydrogen-bond donors (Lipinski definition) is 1. The predicted molar refractivity (Wildman–Crippen MR) is 67.1 cm³/mol. The molecular weight excluding hydrogens is 220 g/mol. The quantitative estimate of drug-likeness (QED) is 0.468. The van der Waals surface area contributed by atoms with Crippen molar-refractivity contribution in [2.75, 3.05) is 5.43 Å². The Morgan fingerprint density at radius 2 is 2.24 bits per heavy atom. The van der Waals surface area contributed by atoms with Crippen LogP contribution in [0.5, 0.6) is 0 Å². The highest BCUT2D eigenvalue weighted by Gasteiger charge is 2.04. The summed E-state index contributed by atoms with van der Waals surface area (Å²) in [5, 5.41) is 14.5. The summed E-state index contributed by atoms with van der Waals surface area (Å²) in [6.45, 7) is 4.20. The monoisotopic (exact) mass is 236 g/mol. The molecule has 6 nitrogen and oxygen atoms in total. The van der Waals surface area contributed by atoms with E-state index in [0.29, 0.717) is 11.7 Å². The standard InChI is InChI=1S/C11H16N4O2/c1-3-9(4-2)7-13-14-11-6-5-10(8-12-11)15(16)17/h5-9H,3-4H2,1-2H3,(H,12,14)/b13-7-. The van der Waals surface area contributed by atoms with Crippen molar-refractivity contribution in [1.82, 2.24) is 4.98 Å². The van der Waals surface area contributed by atoms with Crippen LogP contribution in [-0.4, -0.2) is 16.1 Å². The molecule has 0 atom stereocenters. The Balaban J connectivity index is 2.55. The summed E-state index contributed by atoms with van der Waals surface area (Å²) in [6.07, 6.45) is 5.11. The number of pyridine rings is 1. The molecule has 0 radical (unpaired) electrons. The Hall–Kier alpha value is -1.98. The van der Waals surface area contributed by atoms with Gasteiger partial charge in [-0.2, -0.15) is 5.10 Å². The van der Waals surface area contributed by atoms with Crippen molar-refractivity contribution < 1.29 is 4.92 Å². The lowest BCUT2D eigenvalue weighted by Gasteiger charge is -2.04. The van der Waals surface area contributed by atoms with Crippen molar-refractivity contribution in [3.63, 3.8) is 0 Å². The molecule has 0 fully saturated rings. The van der Waals surface area contributed by atoms with Gasteiger partial charge in [0.25, 0.3) is 5.69 Å². The smallest absolute Gasteiger partial charge is 0.262 e. The summed E-state index contributed by atoms with van der Waals surface area (Å²) in [5.74, 6) is 0.943. The number of rotatable bonds is 6. The molecule has 0 bridgehead atoms. The number of anilines is 1. The topological polar surface area (TPSA) is 80.4 Å². The number of aromatic nitrogens is 1. The molecule has 1 rings (SSSR count). The normalized spacial score (nSPS) is 11.0. The van der Waals surface area contributed by atoms with E-state index < -0.39 is 4.92 Å². The van der Waals surface area contributed by atoms with E-state index in [9.17, 15) is 10.1 Å². The number of nitrogens with one attached hydrogen (secondary N) is 1. The summed E-state index contributed by atoms with van der Waals surface area (Å²) < 4.78 is 0. The van der Waals surface area contributed by atoms with Crippen LogP contribution >= 0.6 is 0 Å². The Kier molecular flexibility index (Phi) is 5.06. The molecule has 1 heterocycles. The van der Waals surface area contributed by atoms with Crippen molar-refractivity contribution in [2.24, 2.45) is 11.0 Å². The maximum absolute atomic E-state index is 10.4. The largest absolute Gasteiger partial charge is 0.287 e. The molecule has 0 aliphatic carbocycles. The van der Waals surface area contributed by atoms with Crippen molar-refractivity contribution in [3.8, 4) is 0 Å². The van der Waals surface area contributed by atoms with Crippen LogP contribution < -0.4 is 5.43 Å². The van der Waals surface area contributed by atoms with E-state index in [0.717, 1.165) is 12.8 Å². The summed E-state index contributed by atoms with van der Waals surface area (Å²) in [4.78, 5) is 13.8. The molecule has 6 heteroatoms. The second-order valence-corrected chi connectivity index (χ2v) is 3.63. The molecule has 0 aliphatic rings. The Bertz CT molecular complexity index is 385. The van der Waals surface area contributed by atoms with E-state index in [-0.39, 0.29) is 5.69 Å². The fraction of sp³-hybridized carbons (Fsp3) is 0.455. The molecule has 1 aromatic heterocycles. The SMILES string of the molecule is CCC(/C=N\Nc1ccc([N+](=O)[O-])cn1)CC. The highest BCUT2D eigenvalue weighted by atomic mass is 16.6. The van der Waals surface area contributed by atoms with Gasteiger partial charge in [0.05, 0.1) is 4.92 Å². The van der Waals surface area contributed by atoms with Gasteiger partial charge >= 0.3 is 0 Å². The van der Waals surface area contributed by atoms with Gasteiger partial charge in [-0.1, -0.05) is 13.8 Å². The number of hydrazone groups is 1. The molecule has 1 aromatic rings. The highest BCUT2D eigenvalue weighted by molar-refractivity contribution is 5.61. The minimum atomic E-state index is -0.482. The van der Waals surface area contributed by atoms with Crippen LogP contribution in [-0.2, 0) is 0 Å². The van der Waals surface area contributed by atoms with Crippen molar-refractivity contribution in [3.05, 3.63) is 28.4 Å². The Morgan fingerprint density at radius 3 is 2.71 bits per heavy atom. The zero-order valence-electron chi connectivity index (χ0n) is 9.96. The van der Waals surface area contributed by atoms with Crippen molar-refractivity contribution in [1.29, 1.82) is 0 Å². The van der Waals surface area contributed by atoms with Gasteiger partial charge in [-0.05, 0) is 24.8 Å². The molecule has 17 heavy (non-hydrogen) atoms. The van der Waals surface area contributed by atoms with E-state index >= 15 is 0 Å². The van der Waals surface area contributed by atoms with Gasteiger partial charge in [-0.3, -0.25) is 15.5 Å². The van der Waals surface area contributed by atoms with Gasteiger partial charge in [0, 0.05) is 12.3 Å². The molecule has 0 aliphatic heterocycles. The average molecular weight is 236 g/mol. The maximum atomic E-state index is 10.4. The van der Waals surface area contributed by atoms with Crippen LogP contribution in [0.25, 0.3) is 0 Å². The van der Waals surface area contributed by atoms with E-state index in [1.165, 1.54) is 18.3 Å². The summed E-state index contributed by atoms with van der Waals surface area (Å²) in [5.41, 5.74) is 2.72. The third-order valence-electron chi connectivity index (χ3n) is 2.47. The molecule has 0 saturated heterocycles. The van der Waals surface area contributed by atoms with Gasteiger partial charge in [0.1, 0.15) is 12.0 Å². The van der Waals surface area contributed by atoms with Gasteiger partial charge in [0.2, 0.25) is 0 Å². The van der Waals surface area contributed by atoms with Crippen LogP contribution in [0.4, 0.5) is 11.5 Å². The first-order chi connectivity index (χ1) is 8.17. The van der Waals surface area contributed by atoms with Crippen molar-refractivity contribution >= 4 is 17.7 Å². The average Bonchev–Trinajstić information content (AvgIpc) is 2.35.